The second-order valence-electron chi connectivity index (χ2n) is 9.32. The van der Waals surface area contributed by atoms with Crippen molar-refractivity contribution in [2.24, 2.45) is 0 Å². The number of benzene rings is 1. The predicted molar refractivity (Wildman–Crippen MR) is 140 cm³/mol. The Morgan fingerprint density at radius 1 is 1.17 bits per heavy atom. The fourth-order valence-corrected chi connectivity index (χ4v) is 5.31. The van der Waals surface area contributed by atoms with Gasteiger partial charge in [0.2, 0.25) is 0 Å². The summed E-state index contributed by atoms with van der Waals surface area (Å²) >= 11 is 1.17. The summed E-state index contributed by atoms with van der Waals surface area (Å²) < 4.78 is 9.68. The lowest BCUT2D eigenvalue weighted by molar-refractivity contribution is 0.0713. The Bertz CT molecular complexity index is 1220. The minimum absolute atomic E-state index is 0.00437. The molecule has 2 aromatic heterocycles. The van der Waals surface area contributed by atoms with Gasteiger partial charge in [-0.1, -0.05) is 36.5 Å². The smallest absolute Gasteiger partial charge is 0.267 e. The third-order valence-electron chi connectivity index (χ3n) is 6.44. The van der Waals surface area contributed by atoms with Gasteiger partial charge in [-0.3, -0.25) is 14.6 Å². The highest BCUT2D eigenvalue weighted by atomic mass is 32.1. The van der Waals surface area contributed by atoms with E-state index in [-0.39, 0.29) is 23.7 Å². The molecule has 0 saturated carbocycles. The Hall–Kier alpha value is -3.33. The lowest BCUT2D eigenvalue weighted by atomic mass is 9.89. The molecule has 3 aromatic rings. The fraction of sp³-hybridized carbons (Fsp3) is 0.444. The summed E-state index contributed by atoms with van der Waals surface area (Å²) in [7, 11) is 0. The molecule has 3 heterocycles. The monoisotopic (exact) mass is 507 g/mol. The number of likely N-dealkylation sites (tertiary alicyclic amines) is 1. The Labute approximate surface area is 216 Å². The number of para-hydroxylation sites is 1. The van der Waals surface area contributed by atoms with Crippen LogP contribution >= 0.6 is 11.5 Å². The molecule has 0 aliphatic carbocycles. The van der Waals surface area contributed by atoms with Gasteiger partial charge in [0, 0.05) is 36.8 Å². The Morgan fingerprint density at radius 2 is 1.92 bits per heavy atom. The standard InChI is InChI=1S/C27H33N5O3S/c1-5-35-22-9-7-6-8-20(22)16-28-26(33)21-11-10-18(4)29-24(21)19-12-14-32(15-13-19)27(34)25-23(17(2)3)30-31-36-25/h6-11,17,19H,5,12-16H2,1-4H3,(H,28,33). The van der Waals surface area contributed by atoms with Crippen molar-refractivity contribution >= 4 is 23.3 Å². The van der Waals surface area contributed by atoms with Crippen molar-refractivity contribution in [1.82, 2.24) is 24.8 Å². The van der Waals surface area contributed by atoms with Crippen LogP contribution in [-0.4, -0.2) is 51.0 Å². The van der Waals surface area contributed by atoms with E-state index in [1.165, 1.54) is 11.5 Å². The molecular weight excluding hydrogens is 474 g/mol. The normalized spacial score (nSPS) is 14.2. The van der Waals surface area contributed by atoms with Gasteiger partial charge >= 0.3 is 0 Å². The molecule has 0 radical (unpaired) electrons. The summed E-state index contributed by atoms with van der Waals surface area (Å²) in [5.41, 5.74) is 3.96. The number of pyridine rings is 1. The number of amides is 2. The third kappa shape index (κ3) is 5.73. The summed E-state index contributed by atoms with van der Waals surface area (Å²) in [6, 6.07) is 11.4. The minimum atomic E-state index is -0.153. The first-order chi connectivity index (χ1) is 17.4. The number of aromatic nitrogens is 3. The van der Waals surface area contributed by atoms with E-state index in [0.717, 1.165) is 41.2 Å². The van der Waals surface area contributed by atoms with E-state index >= 15 is 0 Å². The number of hydrogen-bond acceptors (Lipinski definition) is 7. The number of hydrogen-bond donors (Lipinski definition) is 1. The molecule has 2 amide bonds. The largest absolute Gasteiger partial charge is 0.494 e. The maximum atomic E-state index is 13.2. The molecule has 1 aromatic carbocycles. The summed E-state index contributed by atoms with van der Waals surface area (Å²) in [5.74, 6) is 0.874. The van der Waals surface area contributed by atoms with Crippen LogP contribution in [0, 0.1) is 6.92 Å². The number of carbonyl (C=O) groups excluding carboxylic acids is 2. The molecule has 1 aliphatic rings. The Kier molecular flexibility index (Phi) is 8.30. The summed E-state index contributed by atoms with van der Waals surface area (Å²) in [5, 5.41) is 7.19. The van der Waals surface area contributed by atoms with Gasteiger partial charge in [-0.25, -0.2) is 0 Å². The van der Waals surface area contributed by atoms with Crippen LogP contribution in [0.4, 0.5) is 0 Å². The van der Waals surface area contributed by atoms with E-state index in [4.69, 9.17) is 9.72 Å². The molecule has 36 heavy (non-hydrogen) atoms. The molecule has 1 fully saturated rings. The van der Waals surface area contributed by atoms with Crippen molar-refractivity contribution in [3.05, 3.63) is 69.5 Å². The number of nitrogens with zero attached hydrogens (tertiary/aromatic N) is 4. The van der Waals surface area contributed by atoms with Crippen LogP contribution in [-0.2, 0) is 6.54 Å². The van der Waals surface area contributed by atoms with Crippen molar-refractivity contribution < 1.29 is 14.3 Å². The lowest BCUT2D eigenvalue weighted by Gasteiger charge is -2.32. The number of aryl methyl sites for hydroxylation is 1. The predicted octanol–water partition coefficient (Wildman–Crippen LogP) is 4.71. The maximum Gasteiger partial charge on any atom is 0.267 e. The number of piperidine rings is 1. The van der Waals surface area contributed by atoms with Crippen LogP contribution in [0.25, 0.3) is 0 Å². The number of rotatable bonds is 8. The number of ether oxygens (including phenoxy) is 1. The van der Waals surface area contributed by atoms with Gasteiger partial charge in [0.1, 0.15) is 10.6 Å². The average Bonchev–Trinajstić information content (AvgIpc) is 3.38. The van der Waals surface area contributed by atoms with Gasteiger partial charge in [0.25, 0.3) is 11.8 Å². The summed E-state index contributed by atoms with van der Waals surface area (Å²) in [4.78, 5) is 33.6. The molecule has 0 bridgehead atoms. The average molecular weight is 508 g/mol. The van der Waals surface area contributed by atoms with E-state index in [1.807, 2.05) is 69.0 Å². The van der Waals surface area contributed by atoms with Crippen molar-refractivity contribution in [3.8, 4) is 5.75 Å². The Morgan fingerprint density at radius 3 is 2.64 bits per heavy atom. The molecule has 9 heteroatoms. The van der Waals surface area contributed by atoms with Crippen molar-refractivity contribution in [2.75, 3.05) is 19.7 Å². The first-order valence-electron chi connectivity index (χ1n) is 12.5. The Balaban J connectivity index is 1.45. The zero-order valence-corrected chi connectivity index (χ0v) is 22.1. The number of carbonyl (C=O) groups is 2. The topological polar surface area (TPSA) is 97.3 Å². The molecule has 190 valence electrons. The first-order valence-corrected chi connectivity index (χ1v) is 13.2. The zero-order valence-electron chi connectivity index (χ0n) is 21.3. The van der Waals surface area contributed by atoms with E-state index in [9.17, 15) is 9.59 Å². The molecule has 1 N–H and O–H groups in total. The third-order valence-corrected chi connectivity index (χ3v) is 7.17. The quantitative estimate of drug-likeness (QED) is 0.474. The van der Waals surface area contributed by atoms with Gasteiger partial charge in [-0.05, 0) is 62.3 Å². The van der Waals surface area contributed by atoms with Crippen molar-refractivity contribution in [1.29, 1.82) is 0 Å². The van der Waals surface area contributed by atoms with Crippen LogP contribution in [0.3, 0.4) is 0 Å². The molecule has 0 spiro atoms. The van der Waals surface area contributed by atoms with E-state index in [2.05, 4.69) is 14.9 Å². The van der Waals surface area contributed by atoms with Crippen LogP contribution in [0.2, 0.25) is 0 Å². The molecular formula is C27H33N5O3S. The molecule has 0 atom stereocenters. The van der Waals surface area contributed by atoms with Gasteiger partial charge < -0.3 is 15.0 Å². The number of nitrogens with one attached hydrogen (secondary N) is 1. The molecule has 4 rings (SSSR count). The maximum absolute atomic E-state index is 13.2. The fourth-order valence-electron chi connectivity index (χ4n) is 4.52. The van der Waals surface area contributed by atoms with Crippen LogP contribution in [0.1, 0.15) is 88.1 Å². The van der Waals surface area contributed by atoms with Gasteiger partial charge in [-0.15, -0.1) is 5.10 Å². The van der Waals surface area contributed by atoms with Crippen molar-refractivity contribution in [3.63, 3.8) is 0 Å². The second-order valence-corrected chi connectivity index (χ2v) is 10.1. The molecule has 1 saturated heterocycles. The van der Waals surface area contributed by atoms with Crippen LogP contribution in [0.5, 0.6) is 5.75 Å². The lowest BCUT2D eigenvalue weighted by Crippen LogP contribution is -2.38. The van der Waals surface area contributed by atoms with Crippen molar-refractivity contribution in [2.45, 2.75) is 58.9 Å². The SMILES string of the molecule is CCOc1ccccc1CNC(=O)c1ccc(C)nc1C1CCN(C(=O)c2snnc2C(C)C)CC1. The highest BCUT2D eigenvalue weighted by Crippen LogP contribution is 2.31. The van der Waals surface area contributed by atoms with Gasteiger partial charge in [0.15, 0.2) is 0 Å². The highest BCUT2D eigenvalue weighted by molar-refractivity contribution is 7.08. The summed E-state index contributed by atoms with van der Waals surface area (Å²) in [6.45, 7) is 10.1. The molecule has 1 aliphatic heterocycles. The van der Waals surface area contributed by atoms with Crippen LogP contribution < -0.4 is 10.1 Å². The van der Waals surface area contributed by atoms with Crippen LogP contribution in [0.15, 0.2) is 36.4 Å². The molecule has 0 unspecified atom stereocenters. The second kappa shape index (κ2) is 11.6. The van der Waals surface area contributed by atoms with E-state index in [0.29, 0.717) is 36.7 Å². The van der Waals surface area contributed by atoms with Gasteiger partial charge in [0.05, 0.1) is 23.6 Å². The molecule has 8 nitrogen and oxygen atoms in total. The van der Waals surface area contributed by atoms with E-state index in [1.54, 1.807) is 0 Å². The highest BCUT2D eigenvalue weighted by Gasteiger charge is 2.30. The van der Waals surface area contributed by atoms with E-state index < -0.39 is 0 Å². The summed E-state index contributed by atoms with van der Waals surface area (Å²) in [6.07, 6.45) is 1.50. The van der Waals surface area contributed by atoms with Gasteiger partial charge in [-0.2, -0.15) is 0 Å². The first kappa shape index (κ1) is 25.8. The zero-order chi connectivity index (χ0) is 25.7. The minimum Gasteiger partial charge on any atom is -0.494 e.